The van der Waals surface area contributed by atoms with Crippen LogP contribution in [0, 0.1) is 6.92 Å². The molecule has 0 bridgehead atoms. The van der Waals surface area contributed by atoms with E-state index in [4.69, 9.17) is 0 Å². The van der Waals surface area contributed by atoms with Crippen LogP contribution in [0.1, 0.15) is 28.8 Å². The normalized spacial score (nSPS) is 20.3. The number of piperazine rings is 1. The van der Waals surface area contributed by atoms with Crippen molar-refractivity contribution in [2.75, 3.05) is 55.9 Å². The van der Waals surface area contributed by atoms with Crippen molar-refractivity contribution in [3.63, 3.8) is 0 Å². The van der Waals surface area contributed by atoms with E-state index in [0.717, 1.165) is 44.7 Å². The van der Waals surface area contributed by atoms with Gasteiger partial charge in [-0.2, -0.15) is 0 Å². The average Bonchev–Trinajstić information content (AvgIpc) is 2.98. The smallest absolute Gasteiger partial charge is 0.251 e. The Hall–Kier alpha value is -1.64. The Kier molecular flexibility index (Phi) is 6.16. The minimum Gasteiger partial charge on any atom is -0.352 e. The second-order valence-corrected chi connectivity index (χ2v) is 8.95. The van der Waals surface area contributed by atoms with Crippen LogP contribution in [0.4, 0.5) is 5.69 Å². The molecule has 26 heavy (non-hydrogen) atoms. The molecule has 0 spiro atoms. The Morgan fingerprint density at radius 3 is 2.65 bits per heavy atom. The molecule has 8 heteroatoms. The molecular formula is C18H28N4O3S. The highest BCUT2D eigenvalue weighted by atomic mass is 32.2. The van der Waals surface area contributed by atoms with Gasteiger partial charge in [-0.15, -0.1) is 0 Å². The van der Waals surface area contributed by atoms with E-state index in [0.29, 0.717) is 30.8 Å². The molecule has 144 valence electrons. The highest BCUT2D eigenvalue weighted by Crippen LogP contribution is 2.26. The van der Waals surface area contributed by atoms with Gasteiger partial charge in [0.05, 0.1) is 11.4 Å². The largest absolute Gasteiger partial charge is 0.352 e. The first-order chi connectivity index (χ1) is 12.5. The fourth-order valence-electron chi connectivity index (χ4n) is 3.52. The number of anilines is 1. The summed E-state index contributed by atoms with van der Waals surface area (Å²) in [4.78, 5) is 14.8. The van der Waals surface area contributed by atoms with Gasteiger partial charge in [-0.25, -0.2) is 8.42 Å². The van der Waals surface area contributed by atoms with E-state index in [1.807, 2.05) is 6.92 Å². The summed E-state index contributed by atoms with van der Waals surface area (Å²) >= 11 is 0. The molecule has 2 fully saturated rings. The van der Waals surface area contributed by atoms with Crippen LogP contribution in [0.2, 0.25) is 0 Å². The number of nitrogens with zero attached hydrogens (tertiary/aromatic N) is 2. The lowest BCUT2D eigenvalue weighted by Gasteiger charge is -2.27. The molecule has 0 radical (unpaired) electrons. The molecule has 2 aliphatic heterocycles. The van der Waals surface area contributed by atoms with Crippen LogP contribution in [0.15, 0.2) is 18.2 Å². The van der Waals surface area contributed by atoms with Crippen molar-refractivity contribution in [1.82, 2.24) is 15.5 Å². The van der Waals surface area contributed by atoms with Crippen molar-refractivity contribution >= 4 is 21.6 Å². The van der Waals surface area contributed by atoms with Crippen LogP contribution >= 0.6 is 0 Å². The van der Waals surface area contributed by atoms with Crippen molar-refractivity contribution in [3.8, 4) is 0 Å². The van der Waals surface area contributed by atoms with Crippen LogP contribution in [0.25, 0.3) is 0 Å². The quantitative estimate of drug-likeness (QED) is 0.705. The summed E-state index contributed by atoms with van der Waals surface area (Å²) in [6.07, 6.45) is 1.57. The summed E-state index contributed by atoms with van der Waals surface area (Å²) in [5.74, 6) is 0.0973. The van der Waals surface area contributed by atoms with Gasteiger partial charge in [-0.3, -0.25) is 9.10 Å². The van der Waals surface area contributed by atoms with Crippen LogP contribution in [0.5, 0.6) is 0 Å². The molecular weight excluding hydrogens is 352 g/mol. The second-order valence-electron chi connectivity index (χ2n) is 6.94. The monoisotopic (exact) mass is 380 g/mol. The lowest BCUT2D eigenvalue weighted by atomic mass is 10.1. The standard InChI is InChI=1S/C18H28N4O3S/c1-15-14-16(22-10-3-13-26(22,24)25)4-5-17(15)18(23)20-6-2-9-21-11-7-19-8-12-21/h4-5,14,19H,2-3,6-13H2,1H3,(H,20,23). The molecule has 0 atom stereocenters. The number of amides is 1. The van der Waals surface area contributed by atoms with Gasteiger partial charge in [0.2, 0.25) is 10.0 Å². The van der Waals surface area contributed by atoms with Crippen LogP contribution in [-0.2, 0) is 10.0 Å². The van der Waals surface area contributed by atoms with Crippen molar-refractivity contribution in [1.29, 1.82) is 0 Å². The lowest BCUT2D eigenvalue weighted by molar-refractivity contribution is 0.0950. The van der Waals surface area contributed by atoms with Gasteiger partial charge in [0.1, 0.15) is 0 Å². The number of carbonyl (C=O) groups excluding carboxylic acids is 1. The van der Waals surface area contributed by atoms with Crippen molar-refractivity contribution in [2.45, 2.75) is 19.8 Å². The molecule has 1 aromatic carbocycles. The highest BCUT2D eigenvalue weighted by molar-refractivity contribution is 7.93. The molecule has 1 aromatic rings. The van der Waals surface area contributed by atoms with E-state index in [1.165, 1.54) is 4.31 Å². The third-order valence-corrected chi connectivity index (χ3v) is 6.86. The first-order valence-electron chi connectivity index (χ1n) is 9.30. The SMILES string of the molecule is Cc1cc(N2CCCS2(=O)=O)ccc1C(=O)NCCCN1CCNCC1. The number of aryl methyl sites for hydroxylation is 1. The predicted molar refractivity (Wildman–Crippen MR) is 103 cm³/mol. The second kappa shape index (κ2) is 8.37. The van der Waals surface area contributed by atoms with E-state index in [2.05, 4.69) is 15.5 Å². The molecule has 0 aliphatic carbocycles. The highest BCUT2D eigenvalue weighted by Gasteiger charge is 2.28. The maximum Gasteiger partial charge on any atom is 0.251 e. The summed E-state index contributed by atoms with van der Waals surface area (Å²) in [6.45, 7) is 8.19. The molecule has 2 N–H and O–H groups in total. The number of hydrogen-bond donors (Lipinski definition) is 2. The van der Waals surface area contributed by atoms with Gasteiger partial charge in [0, 0.05) is 44.8 Å². The number of hydrogen-bond acceptors (Lipinski definition) is 5. The van der Waals surface area contributed by atoms with Crippen LogP contribution in [-0.4, -0.2) is 70.8 Å². The van der Waals surface area contributed by atoms with Gasteiger partial charge < -0.3 is 15.5 Å². The van der Waals surface area contributed by atoms with Crippen molar-refractivity contribution in [2.24, 2.45) is 0 Å². The Morgan fingerprint density at radius 1 is 1.23 bits per heavy atom. The van der Waals surface area contributed by atoms with Gasteiger partial charge in [0.25, 0.3) is 5.91 Å². The average molecular weight is 381 g/mol. The number of rotatable bonds is 6. The molecule has 2 saturated heterocycles. The first kappa shape index (κ1) is 19.1. The number of nitrogens with one attached hydrogen (secondary N) is 2. The summed E-state index contributed by atoms with van der Waals surface area (Å²) in [7, 11) is -3.19. The molecule has 2 aliphatic rings. The van der Waals surface area contributed by atoms with E-state index < -0.39 is 10.0 Å². The molecule has 0 aromatic heterocycles. The first-order valence-corrected chi connectivity index (χ1v) is 10.9. The Morgan fingerprint density at radius 2 is 2.00 bits per heavy atom. The van der Waals surface area contributed by atoms with Crippen molar-refractivity contribution < 1.29 is 13.2 Å². The van der Waals surface area contributed by atoms with Crippen LogP contribution in [0.3, 0.4) is 0 Å². The van der Waals surface area contributed by atoms with E-state index in [9.17, 15) is 13.2 Å². The van der Waals surface area contributed by atoms with Gasteiger partial charge >= 0.3 is 0 Å². The lowest BCUT2D eigenvalue weighted by Crippen LogP contribution is -2.44. The number of carbonyl (C=O) groups is 1. The number of sulfonamides is 1. The van der Waals surface area contributed by atoms with Gasteiger partial charge in [0.15, 0.2) is 0 Å². The third kappa shape index (κ3) is 4.55. The van der Waals surface area contributed by atoms with E-state index in [1.54, 1.807) is 18.2 Å². The summed E-state index contributed by atoms with van der Waals surface area (Å²) < 4.78 is 25.5. The van der Waals surface area contributed by atoms with Crippen LogP contribution < -0.4 is 14.9 Å². The molecule has 3 rings (SSSR count). The minimum absolute atomic E-state index is 0.0985. The van der Waals surface area contributed by atoms with E-state index >= 15 is 0 Å². The fourth-order valence-corrected chi connectivity index (χ4v) is 5.08. The Labute approximate surface area is 155 Å². The predicted octanol–water partition coefficient (Wildman–Crippen LogP) is 0.560. The molecule has 7 nitrogen and oxygen atoms in total. The maximum atomic E-state index is 12.4. The van der Waals surface area contributed by atoms with Crippen molar-refractivity contribution in [3.05, 3.63) is 29.3 Å². The summed E-state index contributed by atoms with van der Waals surface area (Å²) in [6, 6.07) is 5.24. The zero-order valence-corrected chi connectivity index (χ0v) is 16.1. The van der Waals surface area contributed by atoms with Gasteiger partial charge in [-0.1, -0.05) is 0 Å². The molecule has 1 amide bonds. The zero-order valence-electron chi connectivity index (χ0n) is 15.3. The Balaban J connectivity index is 1.52. The third-order valence-electron chi connectivity index (χ3n) is 4.99. The van der Waals surface area contributed by atoms with E-state index in [-0.39, 0.29) is 11.7 Å². The molecule has 0 saturated carbocycles. The molecule has 2 heterocycles. The summed E-state index contributed by atoms with van der Waals surface area (Å²) in [5, 5.41) is 6.30. The summed E-state index contributed by atoms with van der Waals surface area (Å²) in [5.41, 5.74) is 2.05. The molecule has 0 unspecified atom stereocenters. The van der Waals surface area contributed by atoms with Gasteiger partial charge in [-0.05, 0) is 50.1 Å². The number of benzene rings is 1. The Bertz CT molecular complexity index is 745. The maximum absolute atomic E-state index is 12.4. The zero-order chi connectivity index (χ0) is 18.6. The minimum atomic E-state index is -3.19. The topological polar surface area (TPSA) is 81.8 Å². The fraction of sp³-hybridized carbons (Fsp3) is 0.611.